The van der Waals surface area contributed by atoms with Crippen LogP contribution in [0.2, 0.25) is 0 Å². The van der Waals surface area contributed by atoms with E-state index in [0.29, 0.717) is 0 Å². The van der Waals surface area contributed by atoms with Gasteiger partial charge in [0.1, 0.15) is 0 Å². The van der Waals surface area contributed by atoms with E-state index >= 15 is 0 Å². The van der Waals surface area contributed by atoms with Crippen molar-refractivity contribution in [1.82, 2.24) is 0 Å². The molecule has 4 aromatic heterocycles. The molecule has 260 valence electrons. The highest BCUT2D eigenvalue weighted by atomic mass is 79.9. The van der Waals surface area contributed by atoms with Gasteiger partial charge in [-0.1, -0.05) is 72.8 Å². The first-order chi connectivity index (χ1) is 23.7. The van der Waals surface area contributed by atoms with Crippen LogP contribution in [0.15, 0.2) is 171 Å². The molecule has 8 aromatic rings. The van der Waals surface area contributed by atoms with Crippen molar-refractivity contribution in [3.63, 3.8) is 0 Å². The van der Waals surface area contributed by atoms with Crippen molar-refractivity contribution in [1.29, 1.82) is 0 Å². The molecule has 0 spiro atoms. The fourth-order valence-corrected chi connectivity index (χ4v) is 7.21. The highest BCUT2D eigenvalue weighted by Gasteiger charge is 2.19. The van der Waals surface area contributed by atoms with Crippen molar-refractivity contribution in [2.75, 3.05) is 0 Å². The number of benzene rings is 4. The molecule has 0 radical (unpaired) electrons. The van der Waals surface area contributed by atoms with Crippen LogP contribution in [-0.4, -0.2) is 0 Å². The van der Waals surface area contributed by atoms with Crippen LogP contribution in [-0.2, 0) is 26.2 Å². The van der Waals surface area contributed by atoms with E-state index in [4.69, 9.17) is 0 Å². The number of halogens is 4. The second-order valence-electron chi connectivity index (χ2n) is 12.9. The monoisotopic (exact) mass is 936 g/mol. The average molecular weight is 940 g/mol. The molecular weight excluding hydrogens is 904 g/mol. The maximum atomic E-state index is 2.30. The van der Waals surface area contributed by atoms with Gasteiger partial charge in [0.15, 0.2) is 75.8 Å². The fraction of sp³-hybridized carbons (Fsp3) is 0.0909. The van der Waals surface area contributed by atoms with Crippen molar-refractivity contribution >= 4 is 21.5 Å². The highest BCUT2D eigenvalue weighted by Crippen LogP contribution is 2.33. The van der Waals surface area contributed by atoms with Crippen molar-refractivity contribution in [2.45, 2.75) is 26.2 Å². The zero-order valence-electron chi connectivity index (χ0n) is 28.3. The van der Waals surface area contributed by atoms with Gasteiger partial charge in [0.25, 0.3) is 0 Å². The zero-order chi connectivity index (χ0) is 31.9. The Morgan fingerprint density at radius 1 is 0.269 bits per heavy atom. The minimum absolute atomic E-state index is 0. The molecule has 4 nitrogen and oxygen atoms in total. The molecule has 52 heavy (non-hydrogen) atoms. The third-order valence-corrected chi connectivity index (χ3v) is 9.82. The van der Waals surface area contributed by atoms with E-state index in [-0.39, 0.29) is 67.9 Å². The van der Waals surface area contributed by atoms with Crippen molar-refractivity contribution in [2.24, 2.45) is 0 Å². The lowest BCUT2D eigenvalue weighted by atomic mass is 9.91. The van der Waals surface area contributed by atoms with Gasteiger partial charge in [-0.3, -0.25) is 0 Å². The van der Waals surface area contributed by atoms with Gasteiger partial charge < -0.3 is 67.9 Å². The quantitative estimate of drug-likeness (QED) is 0.107. The second kappa shape index (κ2) is 17.2. The van der Waals surface area contributed by atoms with E-state index < -0.39 is 0 Å². The normalized spacial score (nSPS) is 11.7. The minimum Gasteiger partial charge on any atom is -1.00 e. The van der Waals surface area contributed by atoms with E-state index in [1.807, 2.05) is 0 Å². The highest BCUT2D eigenvalue weighted by molar-refractivity contribution is 6.05. The lowest BCUT2D eigenvalue weighted by Crippen LogP contribution is -3.00. The summed E-state index contributed by atoms with van der Waals surface area (Å²) in [6, 6.07) is 44.6. The van der Waals surface area contributed by atoms with Crippen molar-refractivity contribution < 1.29 is 86.2 Å². The van der Waals surface area contributed by atoms with E-state index in [1.54, 1.807) is 0 Å². The van der Waals surface area contributed by atoms with E-state index in [9.17, 15) is 0 Å². The summed E-state index contributed by atoms with van der Waals surface area (Å²) in [5, 5.41) is 5.25. The number of rotatable bonds is 0. The van der Waals surface area contributed by atoms with Crippen LogP contribution in [0.25, 0.3) is 43.8 Å². The SMILES string of the molecule is [Br-].[Br-].[Br-].[Br-].c1ccc2c3c4ccccc4c(c2c1)C[n+]1ccc(cc1)-c1cc[n+](cc1)Cc1ccc(cc1)C[n+]1ccc(cc1)-c1cc[n+](cc1)C3. The smallest absolute Gasteiger partial charge is 0.175 e. The topological polar surface area (TPSA) is 15.5 Å². The number of pyridine rings is 4. The second-order valence-corrected chi connectivity index (χ2v) is 12.9. The molecule has 16 aliphatic rings. The molecule has 0 amide bonds. The summed E-state index contributed by atoms with van der Waals surface area (Å²) in [4.78, 5) is 0. The van der Waals surface area contributed by atoms with Crippen LogP contribution < -0.4 is 86.2 Å². The molecule has 16 aliphatic heterocycles. The van der Waals surface area contributed by atoms with Gasteiger partial charge >= 0.3 is 0 Å². The molecule has 8 heteroatoms. The Hall–Kier alpha value is -4.08. The lowest BCUT2D eigenvalue weighted by Gasteiger charge is -2.14. The van der Waals surface area contributed by atoms with Gasteiger partial charge in [-0.2, -0.15) is 0 Å². The molecule has 0 atom stereocenters. The minimum atomic E-state index is 0. The number of aromatic nitrogens is 4. The number of hydrogen-bond acceptors (Lipinski definition) is 0. The molecule has 20 heterocycles. The van der Waals surface area contributed by atoms with Gasteiger partial charge in [-0.25, -0.2) is 18.3 Å². The first kappa shape index (κ1) is 39.1. The third-order valence-electron chi connectivity index (χ3n) is 9.82. The molecular formula is C44H36Br4N4. The Bertz CT molecular complexity index is 2190. The molecule has 0 saturated carbocycles. The van der Waals surface area contributed by atoms with Crippen molar-refractivity contribution in [3.8, 4) is 22.3 Å². The van der Waals surface area contributed by atoms with Gasteiger partial charge in [0.05, 0.1) is 0 Å². The molecule has 0 saturated heterocycles. The number of nitrogens with zero attached hydrogens (tertiary/aromatic N) is 4. The third kappa shape index (κ3) is 7.96. The van der Waals surface area contributed by atoms with Crippen LogP contribution in [0.3, 0.4) is 0 Å². The van der Waals surface area contributed by atoms with Crippen LogP contribution >= 0.6 is 0 Å². The Morgan fingerprint density at radius 3 is 0.750 bits per heavy atom. The summed E-state index contributed by atoms with van der Waals surface area (Å²) < 4.78 is 9.10. The first-order valence-electron chi connectivity index (χ1n) is 16.7. The summed E-state index contributed by atoms with van der Waals surface area (Å²) in [5.74, 6) is 0. The summed E-state index contributed by atoms with van der Waals surface area (Å²) in [7, 11) is 0. The maximum absolute atomic E-state index is 2.30. The largest absolute Gasteiger partial charge is 1.00 e. The van der Waals surface area contributed by atoms with Gasteiger partial charge in [-0.05, 0) is 43.8 Å². The Morgan fingerprint density at radius 2 is 0.500 bits per heavy atom. The number of hydrogen-bond donors (Lipinski definition) is 0. The summed E-state index contributed by atoms with van der Waals surface area (Å²) in [5.41, 5.74) is 10.2. The van der Waals surface area contributed by atoms with Crippen molar-refractivity contribution in [3.05, 3.63) is 193 Å². The predicted molar refractivity (Wildman–Crippen MR) is 189 cm³/mol. The van der Waals surface area contributed by atoms with E-state index in [0.717, 1.165) is 26.2 Å². The van der Waals surface area contributed by atoms with Crippen LogP contribution in [0, 0.1) is 0 Å². The Balaban J connectivity index is 0.00000131. The van der Waals surface area contributed by atoms with Gasteiger partial charge in [-0.15, -0.1) is 0 Å². The van der Waals surface area contributed by atoms with Crippen LogP contribution in [0.1, 0.15) is 22.3 Å². The molecule has 0 fully saturated rings. The molecule has 24 rings (SSSR count). The molecule has 4 aromatic carbocycles. The van der Waals surface area contributed by atoms with Crippen LogP contribution in [0.5, 0.6) is 0 Å². The first-order valence-corrected chi connectivity index (χ1v) is 16.7. The maximum Gasteiger partial charge on any atom is 0.175 e. The van der Waals surface area contributed by atoms with E-state index in [2.05, 4.69) is 189 Å². The van der Waals surface area contributed by atoms with E-state index in [1.165, 1.54) is 66.1 Å². The Kier molecular flexibility index (Phi) is 12.9. The molecule has 0 aliphatic carbocycles. The molecule has 0 N–H and O–H groups in total. The summed E-state index contributed by atoms with van der Waals surface area (Å²) in [6.07, 6.45) is 17.6. The fourth-order valence-electron chi connectivity index (χ4n) is 7.21. The van der Waals surface area contributed by atoms with Gasteiger partial charge in [0.2, 0.25) is 0 Å². The molecule has 0 unspecified atom stereocenters. The lowest BCUT2D eigenvalue weighted by molar-refractivity contribution is -0.688. The average Bonchev–Trinajstić information content (AvgIpc) is 3.15. The van der Waals surface area contributed by atoms with Gasteiger partial charge in [0, 0.05) is 70.8 Å². The summed E-state index contributed by atoms with van der Waals surface area (Å²) in [6.45, 7) is 3.28. The molecule has 12 bridgehead atoms. The summed E-state index contributed by atoms with van der Waals surface area (Å²) >= 11 is 0. The van der Waals surface area contributed by atoms with Crippen LogP contribution in [0.4, 0.5) is 0 Å². The standard InChI is InChI=1S/C44H36N4.4BrH/c1-2-6-40-39(5-1)43-31-47-25-17-37(18-26-47)35-13-21-45(22-14-35)29-33-9-11-34(12-10-33)30-46-23-15-36(16-24-46)38-19-27-48(28-20-38)32-44(40)42-8-4-3-7-41(42)43;;;;/h1-28H,29-32H2;4*1H/q+4;;;;/p-4. The Labute approximate surface area is 346 Å². The zero-order valence-corrected chi connectivity index (χ0v) is 34.6. The predicted octanol–water partition coefficient (Wildman–Crippen LogP) is -5.00.